The Kier molecular flexibility index (Phi) is 3.06. The Morgan fingerprint density at radius 1 is 1.53 bits per heavy atom. The van der Waals surface area contributed by atoms with Gasteiger partial charge in [-0.05, 0) is 18.2 Å². The monoisotopic (exact) mass is 230 g/mol. The molecule has 17 heavy (non-hydrogen) atoms. The standard InChI is InChI=1S/C12H11FN4/c1-17-5-4-15-12(17)8-16-10-3-2-9(7-14)11(13)6-10/h2-6,16H,8H2,1H3. The highest BCUT2D eigenvalue weighted by molar-refractivity contribution is 5.48. The molecule has 2 aromatic rings. The van der Waals surface area contributed by atoms with Crippen molar-refractivity contribution in [1.82, 2.24) is 9.55 Å². The minimum atomic E-state index is -0.516. The van der Waals surface area contributed by atoms with Crippen molar-refractivity contribution >= 4 is 5.69 Å². The number of nitrogens with zero attached hydrogens (tertiary/aromatic N) is 3. The Morgan fingerprint density at radius 3 is 2.94 bits per heavy atom. The lowest BCUT2D eigenvalue weighted by molar-refractivity contribution is 0.624. The number of imidazole rings is 1. The molecule has 1 aromatic carbocycles. The lowest BCUT2D eigenvalue weighted by Crippen LogP contribution is -2.05. The molecule has 1 heterocycles. The van der Waals surface area contributed by atoms with Crippen LogP contribution >= 0.6 is 0 Å². The molecule has 0 radical (unpaired) electrons. The number of rotatable bonds is 3. The summed E-state index contributed by atoms with van der Waals surface area (Å²) in [6.45, 7) is 0.509. The average molecular weight is 230 g/mol. The zero-order chi connectivity index (χ0) is 12.3. The molecule has 1 aromatic heterocycles. The second-order valence-electron chi connectivity index (χ2n) is 3.61. The molecule has 0 saturated heterocycles. The highest BCUT2D eigenvalue weighted by Crippen LogP contribution is 2.14. The molecule has 0 amide bonds. The van der Waals surface area contributed by atoms with Crippen LogP contribution < -0.4 is 5.32 Å². The van der Waals surface area contributed by atoms with E-state index in [9.17, 15) is 4.39 Å². The number of hydrogen-bond acceptors (Lipinski definition) is 3. The first-order valence-electron chi connectivity index (χ1n) is 5.10. The summed E-state index contributed by atoms with van der Waals surface area (Å²) in [6, 6.07) is 6.21. The fourth-order valence-corrected chi connectivity index (χ4v) is 1.46. The van der Waals surface area contributed by atoms with Crippen LogP contribution in [0.15, 0.2) is 30.6 Å². The van der Waals surface area contributed by atoms with Crippen molar-refractivity contribution in [3.05, 3.63) is 47.8 Å². The normalized spacial score (nSPS) is 9.94. The Bertz CT molecular complexity index is 568. The highest BCUT2D eigenvalue weighted by Gasteiger charge is 2.03. The van der Waals surface area contributed by atoms with Crippen LogP contribution in [0.3, 0.4) is 0 Å². The second kappa shape index (κ2) is 4.66. The molecule has 0 aliphatic heterocycles. The second-order valence-corrected chi connectivity index (χ2v) is 3.61. The van der Waals surface area contributed by atoms with E-state index in [-0.39, 0.29) is 5.56 Å². The lowest BCUT2D eigenvalue weighted by atomic mass is 10.2. The fourth-order valence-electron chi connectivity index (χ4n) is 1.46. The molecule has 86 valence electrons. The maximum absolute atomic E-state index is 13.3. The largest absolute Gasteiger partial charge is 0.378 e. The predicted octanol–water partition coefficient (Wildman–Crippen LogP) is 2.04. The molecule has 0 bridgehead atoms. The van der Waals surface area contributed by atoms with Gasteiger partial charge in [0.25, 0.3) is 0 Å². The number of nitrogens with one attached hydrogen (secondary N) is 1. The molecule has 0 fully saturated rings. The first kappa shape index (κ1) is 11.1. The van der Waals surface area contributed by atoms with Crippen LogP contribution in [-0.4, -0.2) is 9.55 Å². The van der Waals surface area contributed by atoms with Crippen LogP contribution in [0.25, 0.3) is 0 Å². The zero-order valence-corrected chi connectivity index (χ0v) is 9.31. The molecule has 0 aliphatic rings. The van der Waals surface area contributed by atoms with E-state index < -0.39 is 5.82 Å². The van der Waals surface area contributed by atoms with Crippen molar-refractivity contribution in [2.45, 2.75) is 6.54 Å². The maximum atomic E-state index is 13.3. The number of aryl methyl sites for hydroxylation is 1. The number of benzene rings is 1. The van der Waals surface area contributed by atoms with Crippen LogP contribution in [0.2, 0.25) is 0 Å². The first-order valence-corrected chi connectivity index (χ1v) is 5.10. The summed E-state index contributed by atoms with van der Waals surface area (Å²) >= 11 is 0. The van der Waals surface area contributed by atoms with E-state index in [0.717, 1.165) is 5.82 Å². The van der Waals surface area contributed by atoms with Crippen LogP contribution in [-0.2, 0) is 13.6 Å². The summed E-state index contributed by atoms with van der Waals surface area (Å²) in [5.41, 5.74) is 0.678. The predicted molar refractivity (Wildman–Crippen MR) is 61.6 cm³/mol. The van der Waals surface area contributed by atoms with Gasteiger partial charge in [-0.15, -0.1) is 0 Å². The molecule has 0 unspecified atom stereocenters. The van der Waals surface area contributed by atoms with Gasteiger partial charge in [-0.3, -0.25) is 0 Å². The van der Waals surface area contributed by atoms with Gasteiger partial charge in [-0.25, -0.2) is 9.37 Å². The summed E-state index contributed by atoms with van der Waals surface area (Å²) in [5.74, 6) is 0.340. The van der Waals surface area contributed by atoms with Crippen LogP contribution in [0.5, 0.6) is 0 Å². The van der Waals surface area contributed by atoms with Gasteiger partial charge in [0.2, 0.25) is 0 Å². The van der Waals surface area contributed by atoms with Gasteiger partial charge in [0.1, 0.15) is 17.7 Å². The molecule has 2 rings (SSSR count). The Balaban J connectivity index is 2.08. The number of halogens is 1. The molecule has 5 heteroatoms. The topological polar surface area (TPSA) is 53.6 Å². The molecule has 1 N–H and O–H groups in total. The van der Waals surface area contributed by atoms with Gasteiger partial charge in [-0.1, -0.05) is 0 Å². The van der Waals surface area contributed by atoms with Gasteiger partial charge >= 0.3 is 0 Å². The number of anilines is 1. The maximum Gasteiger partial charge on any atom is 0.143 e. The van der Waals surface area contributed by atoms with E-state index >= 15 is 0 Å². The average Bonchev–Trinajstić information content (AvgIpc) is 2.72. The smallest absolute Gasteiger partial charge is 0.143 e. The van der Waals surface area contributed by atoms with Crippen molar-refractivity contribution in [1.29, 1.82) is 5.26 Å². The van der Waals surface area contributed by atoms with Crippen molar-refractivity contribution < 1.29 is 4.39 Å². The number of nitriles is 1. The summed E-state index contributed by atoms with van der Waals surface area (Å²) in [4.78, 5) is 4.14. The van der Waals surface area contributed by atoms with Crippen LogP contribution in [0.1, 0.15) is 11.4 Å². The van der Waals surface area contributed by atoms with Crippen molar-refractivity contribution in [2.75, 3.05) is 5.32 Å². The lowest BCUT2D eigenvalue weighted by Gasteiger charge is -2.06. The van der Waals surface area contributed by atoms with E-state index in [2.05, 4.69) is 10.3 Å². The SMILES string of the molecule is Cn1ccnc1CNc1ccc(C#N)c(F)c1. The van der Waals surface area contributed by atoms with E-state index in [1.165, 1.54) is 12.1 Å². The van der Waals surface area contributed by atoms with E-state index in [4.69, 9.17) is 5.26 Å². The van der Waals surface area contributed by atoms with Gasteiger partial charge < -0.3 is 9.88 Å². The summed E-state index contributed by atoms with van der Waals surface area (Å²) < 4.78 is 15.2. The molecule has 4 nitrogen and oxygen atoms in total. The first-order chi connectivity index (χ1) is 8.20. The third-order valence-electron chi connectivity index (χ3n) is 2.46. The molecular weight excluding hydrogens is 219 g/mol. The number of aromatic nitrogens is 2. The molecule has 0 spiro atoms. The van der Waals surface area contributed by atoms with Gasteiger partial charge in [0, 0.05) is 25.1 Å². The third kappa shape index (κ3) is 2.42. The Morgan fingerprint density at radius 2 is 2.35 bits per heavy atom. The molecule has 0 aliphatic carbocycles. The third-order valence-corrected chi connectivity index (χ3v) is 2.46. The van der Waals surface area contributed by atoms with E-state index in [0.29, 0.717) is 12.2 Å². The van der Waals surface area contributed by atoms with E-state index in [1.54, 1.807) is 18.3 Å². The van der Waals surface area contributed by atoms with Crippen molar-refractivity contribution in [2.24, 2.45) is 7.05 Å². The minimum absolute atomic E-state index is 0.0486. The van der Waals surface area contributed by atoms with Crippen LogP contribution in [0, 0.1) is 17.1 Å². The molecule has 0 saturated carbocycles. The van der Waals surface area contributed by atoms with Gasteiger partial charge in [0.05, 0.1) is 12.1 Å². The highest BCUT2D eigenvalue weighted by atomic mass is 19.1. The zero-order valence-electron chi connectivity index (χ0n) is 9.31. The van der Waals surface area contributed by atoms with Crippen LogP contribution in [0.4, 0.5) is 10.1 Å². The van der Waals surface area contributed by atoms with Crippen molar-refractivity contribution in [3.63, 3.8) is 0 Å². The van der Waals surface area contributed by atoms with Crippen molar-refractivity contribution in [3.8, 4) is 6.07 Å². The minimum Gasteiger partial charge on any atom is -0.378 e. The molecular formula is C12H11FN4. The van der Waals surface area contributed by atoms with E-state index in [1.807, 2.05) is 17.8 Å². The summed E-state index contributed by atoms with van der Waals surface area (Å²) in [6.07, 6.45) is 3.55. The Hall–Kier alpha value is -2.35. The molecule has 0 atom stereocenters. The van der Waals surface area contributed by atoms with Gasteiger partial charge in [-0.2, -0.15) is 5.26 Å². The fraction of sp³-hybridized carbons (Fsp3) is 0.167. The summed E-state index contributed by atoms with van der Waals surface area (Å²) in [5, 5.41) is 11.6. The Labute approximate surface area is 98.3 Å². The quantitative estimate of drug-likeness (QED) is 0.877. The van der Waals surface area contributed by atoms with Gasteiger partial charge in [0.15, 0.2) is 0 Å². The number of hydrogen-bond donors (Lipinski definition) is 1. The summed E-state index contributed by atoms with van der Waals surface area (Å²) in [7, 11) is 1.89.